The van der Waals surface area contributed by atoms with Gasteiger partial charge in [-0.2, -0.15) is 0 Å². The standard InChI is InChI=1S/C3H8NO.Na/c1-4-2-3-5;/h4-5H,1-3H2;/q-1;+1. The Morgan fingerprint density at radius 2 is 2.17 bits per heavy atom. The normalized spacial score (nSPS) is 7.00. The molecule has 0 aliphatic heterocycles. The molecule has 0 radical (unpaired) electrons. The third-order valence-electron chi connectivity index (χ3n) is 0.289. The van der Waals surface area contributed by atoms with Crippen molar-refractivity contribution in [1.29, 1.82) is 0 Å². The van der Waals surface area contributed by atoms with Crippen molar-refractivity contribution < 1.29 is 34.7 Å². The van der Waals surface area contributed by atoms with Gasteiger partial charge in [0.25, 0.3) is 0 Å². The first-order valence-electron chi connectivity index (χ1n) is 1.52. The molecule has 0 saturated carbocycles. The van der Waals surface area contributed by atoms with Crippen molar-refractivity contribution >= 4 is 0 Å². The molecule has 0 fully saturated rings. The maximum absolute atomic E-state index is 7.96. The van der Waals surface area contributed by atoms with Crippen LogP contribution in [0.15, 0.2) is 0 Å². The van der Waals surface area contributed by atoms with Gasteiger partial charge < -0.3 is 10.4 Å². The first-order valence-corrected chi connectivity index (χ1v) is 1.52. The van der Waals surface area contributed by atoms with E-state index < -0.39 is 0 Å². The largest absolute Gasteiger partial charge is 1.00 e. The summed E-state index contributed by atoms with van der Waals surface area (Å²) in [6.07, 6.45) is 0. The van der Waals surface area contributed by atoms with Gasteiger partial charge >= 0.3 is 29.6 Å². The Labute approximate surface area is 60.2 Å². The van der Waals surface area contributed by atoms with Crippen LogP contribution in [-0.2, 0) is 0 Å². The number of hydrogen-bond acceptors (Lipinski definition) is 2. The molecule has 0 aromatic rings. The van der Waals surface area contributed by atoms with Crippen molar-refractivity contribution in [3.8, 4) is 0 Å². The average molecular weight is 97.1 g/mol. The molecule has 6 heavy (non-hydrogen) atoms. The van der Waals surface area contributed by atoms with Crippen LogP contribution in [0.3, 0.4) is 0 Å². The summed E-state index contributed by atoms with van der Waals surface area (Å²) in [4.78, 5) is 0. The van der Waals surface area contributed by atoms with Crippen LogP contribution in [0.25, 0.3) is 0 Å². The molecule has 3 heteroatoms. The summed E-state index contributed by atoms with van der Waals surface area (Å²) < 4.78 is 0. The summed E-state index contributed by atoms with van der Waals surface area (Å²) in [7, 11) is 3.27. The molecule has 0 heterocycles. The molecule has 0 atom stereocenters. The van der Waals surface area contributed by atoms with Gasteiger partial charge in [0.05, 0.1) is 6.61 Å². The zero-order valence-electron chi connectivity index (χ0n) is 4.07. The molecule has 32 valence electrons. The van der Waals surface area contributed by atoms with Crippen molar-refractivity contribution in [3.05, 3.63) is 7.05 Å². The van der Waals surface area contributed by atoms with E-state index in [9.17, 15) is 0 Å². The van der Waals surface area contributed by atoms with Gasteiger partial charge in [0.15, 0.2) is 0 Å². The van der Waals surface area contributed by atoms with E-state index in [1.165, 1.54) is 0 Å². The van der Waals surface area contributed by atoms with E-state index in [0.717, 1.165) is 0 Å². The maximum atomic E-state index is 7.96. The Kier molecular flexibility index (Phi) is 15.6. The van der Waals surface area contributed by atoms with Crippen LogP contribution in [0.2, 0.25) is 0 Å². The molecular formula is C3H8NNaO. The van der Waals surface area contributed by atoms with Gasteiger partial charge in [-0.05, 0) is 6.54 Å². The van der Waals surface area contributed by atoms with E-state index in [1.54, 1.807) is 0 Å². The number of aliphatic hydroxyl groups excluding tert-OH is 1. The smallest absolute Gasteiger partial charge is 0.471 e. The second-order valence-corrected chi connectivity index (χ2v) is 0.724. The van der Waals surface area contributed by atoms with E-state index in [2.05, 4.69) is 12.4 Å². The minimum atomic E-state index is 0. The van der Waals surface area contributed by atoms with Gasteiger partial charge in [-0.15, -0.1) is 0 Å². The molecule has 0 amide bonds. The van der Waals surface area contributed by atoms with E-state index in [-0.39, 0.29) is 36.2 Å². The third-order valence-corrected chi connectivity index (χ3v) is 0.289. The minimum absolute atomic E-state index is 0. The van der Waals surface area contributed by atoms with E-state index in [4.69, 9.17) is 5.11 Å². The molecule has 2 N–H and O–H groups in total. The maximum Gasteiger partial charge on any atom is 1.00 e. The number of rotatable bonds is 2. The van der Waals surface area contributed by atoms with Crippen molar-refractivity contribution in [3.63, 3.8) is 0 Å². The molecule has 0 aliphatic rings. The van der Waals surface area contributed by atoms with Crippen molar-refractivity contribution in [2.75, 3.05) is 13.2 Å². The van der Waals surface area contributed by atoms with Crippen molar-refractivity contribution in [1.82, 2.24) is 5.32 Å². The molecule has 0 unspecified atom stereocenters. The monoisotopic (exact) mass is 97.1 g/mol. The molecule has 0 rings (SSSR count). The average Bonchev–Trinajstić information content (AvgIpc) is 1.41. The Hall–Kier alpha value is 0.920. The molecule has 0 aromatic heterocycles. The SMILES string of the molecule is [CH2-]NCCO.[Na+]. The third kappa shape index (κ3) is 8.87. The summed E-state index contributed by atoms with van der Waals surface area (Å²) >= 11 is 0. The second kappa shape index (κ2) is 9.33. The van der Waals surface area contributed by atoms with Gasteiger partial charge in [0, 0.05) is 0 Å². The Morgan fingerprint density at radius 1 is 1.67 bits per heavy atom. The van der Waals surface area contributed by atoms with Crippen LogP contribution < -0.4 is 34.9 Å². The fourth-order valence-electron chi connectivity index (χ4n) is 0.0791. The van der Waals surface area contributed by atoms with E-state index in [1.807, 2.05) is 0 Å². The number of nitrogens with one attached hydrogen (secondary N) is 1. The van der Waals surface area contributed by atoms with Gasteiger partial charge in [0.2, 0.25) is 0 Å². The predicted molar refractivity (Wildman–Crippen MR) is 20.4 cm³/mol. The molecular weight excluding hydrogens is 89.0 g/mol. The molecule has 0 aromatic carbocycles. The van der Waals surface area contributed by atoms with Crippen LogP contribution >= 0.6 is 0 Å². The number of aliphatic hydroxyl groups is 1. The van der Waals surface area contributed by atoms with Crippen LogP contribution in [0, 0.1) is 7.05 Å². The zero-order valence-corrected chi connectivity index (χ0v) is 6.07. The molecule has 2 nitrogen and oxygen atoms in total. The summed E-state index contributed by atoms with van der Waals surface area (Å²) in [5.74, 6) is 0. The molecule has 0 saturated heterocycles. The van der Waals surface area contributed by atoms with Crippen molar-refractivity contribution in [2.24, 2.45) is 0 Å². The van der Waals surface area contributed by atoms with Crippen LogP contribution in [-0.4, -0.2) is 18.3 Å². The fraction of sp³-hybridized carbons (Fsp3) is 0.667. The first kappa shape index (κ1) is 10.0. The van der Waals surface area contributed by atoms with Gasteiger partial charge in [-0.3, -0.25) is 7.05 Å². The summed E-state index contributed by atoms with van der Waals surface area (Å²) in [6, 6.07) is 0. The van der Waals surface area contributed by atoms with Gasteiger partial charge in [-0.25, -0.2) is 0 Å². The fourth-order valence-corrected chi connectivity index (χ4v) is 0.0791. The minimum Gasteiger partial charge on any atom is -0.471 e. The predicted octanol–water partition coefficient (Wildman–Crippen LogP) is -3.64. The molecule has 0 aliphatic carbocycles. The van der Waals surface area contributed by atoms with E-state index in [0.29, 0.717) is 6.54 Å². The zero-order chi connectivity index (χ0) is 4.12. The first-order chi connectivity index (χ1) is 2.41. The Balaban J connectivity index is 0. The summed E-state index contributed by atoms with van der Waals surface area (Å²) in [5.41, 5.74) is 0. The molecule has 0 spiro atoms. The van der Waals surface area contributed by atoms with Gasteiger partial charge in [-0.1, -0.05) is 0 Å². The topological polar surface area (TPSA) is 32.3 Å². The van der Waals surface area contributed by atoms with Crippen LogP contribution in [0.1, 0.15) is 0 Å². The second-order valence-electron chi connectivity index (χ2n) is 0.724. The quantitative estimate of drug-likeness (QED) is 0.275. The van der Waals surface area contributed by atoms with Crippen molar-refractivity contribution in [2.45, 2.75) is 0 Å². The Morgan fingerprint density at radius 3 is 2.17 bits per heavy atom. The van der Waals surface area contributed by atoms with Crippen LogP contribution in [0.5, 0.6) is 0 Å². The molecule has 0 bridgehead atoms. The number of hydrogen-bond donors (Lipinski definition) is 2. The summed E-state index contributed by atoms with van der Waals surface area (Å²) in [6.45, 7) is 0.753. The Bertz CT molecular complexity index is 18.3. The summed E-state index contributed by atoms with van der Waals surface area (Å²) in [5, 5.41) is 10.5. The van der Waals surface area contributed by atoms with E-state index >= 15 is 0 Å². The van der Waals surface area contributed by atoms with Gasteiger partial charge in [0.1, 0.15) is 0 Å². The van der Waals surface area contributed by atoms with Crippen LogP contribution in [0.4, 0.5) is 0 Å².